The SMILES string of the molecule is CCOc1cc(NC(=NC)NCCc2nc3ccccc3[nH]2)ccc1OC. The van der Waals surface area contributed by atoms with Gasteiger partial charge in [-0.3, -0.25) is 4.99 Å². The maximum atomic E-state index is 5.61. The molecule has 0 amide bonds. The lowest BCUT2D eigenvalue weighted by Gasteiger charge is -2.14. The molecule has 2 aromatic carbocycles. The number of guanidine groups is 1. The van der Waals surface area contributed by atoms with Crippen LogP contribution < -0.4 is 20.1 Å². The summed E-state index contributed by atoms with van der Waals surface area (Å²) in [7, 11) is 3.37. The maximum absolute atomic E-state index is 5.61. The fourth-order valence-electron chi connectivity index (χ4n) is 2.76. The largest absolute Gasteiger partial charge is 0.493 e. The standard InChI is InChI=1S/C20H25N5O2/c1-4-27-18-13-14(9-10-17(18)26-3)23-20(21-2)22-12-11-19-24-15-7-5-6-8-16(15)25-19/h5-10,13H,4,11-12H2,1-3H3,(H,24,25)(H2,21,22,23). The van der Waals surface area contributed by atoms with Gasteiger partial charge in [-0.05, 0) is 31.2 Å². The Balaban J connectivity index is 1.58. The molecule has 27 heavy (non-hydrogen) atoms. The van der Waals surface area contributed by atoms with E-state index in [4.69, 9.17) is 9.47 Å². The van der Waals surface area contributed by atoms with Crippen LogP contribution in [0.15, 0.2) is 47.5 Å². The number of hydrogen-bond acceptors (Lipinski definition) is 4. The van der Waals surface area contributed by atoms with Crippen molar-refractivity contribution in [3.63, 3.8) is 0 Å². The number of H-pyrrole nitrogens is 1. The van der Waals surface area contributed by atoms with Gasteiger partial charge in [0.2, 0.25) is 0 Å². The van der Waals surface area contributed by atoms with Crippen LogP contribution in [-0.4, -0.2) is 43.2 Å². The van der Waals surface area contributed by atoms with Gasteiger partial charge in [0.1, 0.15) is 5.82 Å². The summed E-state index contributed by atoms with van der Waals surface area (Å²) < 4.78 is 10.9. The van der Waals surface area contributed by atoms with E-state index in [-0.39, 0.29) is 0 Å². The van der Waals surface area contributed by atoms with Crippen molar-refractivity contribution < 1.29 is 9.47 Å². The van der Waals surface area contributed by atoms with Crippen LogP contribution >= 0.6 is 0 Å². The molecule has 1 heterocycles. The first kappa shape index (κ1) is 18.6. The van der Waals surface area contributed by atoms with Gasteiger partial charge in [0.05, 0.1) is 24.8 Å². The molecule has 1 aromatic heterocycles. The normalized spacial score (nSPS) is 11.4. The molecule has 0 radical (unpaired) electrons. The molecule has 3 aromatic rings. The Morgan fingerprint density at radius 2 is 2.04 bits per heavy atom. The second-order valence-electron chi connectivity index (χ2n) is 5.87. The van der Waals surface area contributed by atoms with Crippen LogP contribution in [0.25, 0.3) is 11.0 Å². The van der Waals surface area contributed by atoms with E-state index in [9.17, 15) is 0 Å². The van der Waals surface area contributed by atoms with Crippen molar-refractivity contribution in [2.24, 2.45) is 4.99 Å². The van der Waals surface area contributed by atoms with E-state index >= 15 is 0 Å². The number of rotatable bonds is 7. The quantitative estimate of drug-likeness (QED) is 0.441. The zero-order chi connectivity index (χ0) is 19.1. The van der Waals surface area contributed by atoms with Crippen LogP contribution in [0.3, 0.4) is 0 Å². The van der Waals surface area contributed by atoms with Crippen molar-refractivity contribution in [2.75, 3.05) is 32.6 Å². The Bertz CT molecular complexity index is 887. The molecular formula is C20H25N5O2. The van der Waals surface area contributed by atoms with E-state index in [0.29, 0.717) is 30.6 Å². The lowest BCUT2D eigenvalue weighted by atomic mass is 10.2. The van der Waals surface area contributed by atoms with E-state index in [0.717, 1.165) is 29.0 Å². The minimum atomic E-state index is 0.574. The molecule has 0 aliphatic heterocycles. The van der Waals surface area contributed by atoms with Crippen molar-refractivity contribution in [1.82, 2.24) is 15.3 Å². The summed E-state index contributed by atoms with van der Waals surface area (Å²) in [5, 5.41) is 6.56. The number of ether oxygens (including phenoxy) is 2. The van der Waals surface area contributed by atoms with Gasteiger partial charge in [-0.15, -0.1) is 0 Å². The number of aromatic nitrogens is 2. The highest BCUT2D eigenvalue weighted by molar-refractivity contribution is 5.93. The molecular weight excluding hydrogens is 342 g/mol. The third-order valence-electron chi connectivity index (χ3n) is 4.04. The van der Waals surface area contributed by atoms with Gasteiger partial charge in [-0.25, -0.2) is 4.98 Å². The number of hydrogen-bond donors (Lipinski definition) is 3. The van der Waals surface area contributed by atoms with Gasteiger partial charge in [-0.2, -0.15) is 0 Å². The molecule has 0 saturated carbocycles. The summed E-state index contributed by atoms with van der Waals surface area (Å²) in [5.74, 6) is 3.03. The van der Waals surface area contributed by atoms with Gasteiger partial charge in [0.15, 0.2) is 17.5 Å². The number of para-hydroxylation sites is 2. The highest BCUT2D eigenvalue weighted by Crippen LogP contribution is 2.30. The van der Waals surface area contributed by atoms with Crippen LogP contribution in [-0.2, 0) is 6.42 Å². The van der Waals surface area contributed by atoms with Crippen LogP contribution in [0.4, 0.5) is 5.69 Å². The summed E-state index contributed by atoms with van der Waals surface area (Å²) in [5.41, 5.74) is 2.91. The van der Waals surface area contributed by atoms with Gasteiger partial charge in [0.25, 0.3) is 0 Å². The Hall–Kier alpha value is -3.22. The minimum Gasteiger partial charge on any atom is -0.493 e. The van der Waals surface area contributed by atoms with E-state index in [1.807, 2.05) is 49.4 Å². The van der Waals surface area contributed by atoms with Crippen LogP contribution in [0.2, 0.25) is 0 Å². The molecule has 0 spiro atoms. The van der Waals surface area contributed by atoms with E-state index in [1.54, 1.807) is 14.2 Å². The summed E-state index contributed by atoms with van der Waals surface area (Å²) in [4.78, 5) is 12.2. The second-order valence-corrected chi connectivity index (χ2v) is 5.87. The smallest absolute Gasteiger partial charge is 0.195 e. The number of anilines is 1. The molecule has 3 N–H and O–H groups in total. The fraction of sp³-hybridized carbons (Fsp3) is 0.300. The van der Waals surface area contributed by atoms with Crippen molar-refractivity contribution in [3.8, 4) is 11.5 Å². The van der Waals surface area contributed by atoms with Gasteiger partial charge < -0.3 is 25.1 Å². The third kappa shape index (κ3) is 4.69. The first-order valence-electron chi connectivity index (χ1n) is 8.95. The number of nitrogens with zero attached hydrogens (tertiary/aromatic N) is 2. The Morgan fingerprint density at radius 3 is 2.78 bits per heavy atom. The first-order chi connectivity index (χ1) is 13.2. The lowest BCUT2D eigenvalue weighted by molar-refractivity contribution is 0.311. The van der Waals surface area contributed by atoms with E-state index in [1.165, 1.54) is 0 Å². The average molecular weight is 367 g/mol. The van der Waals surface area contributed by atoms with Gasteiger partial charge >= 0.3 is 0 Å². The van der Waals surface area contributed by atoms with Crippen LogP contribution in [0, 0.1) is 0 Å². The number of methoxy groups -OCH3 is 1. The molecule has 0 saturated heterocycles. The van der Waals surface area contributed by atoms with Crippen molar-refractivity contribution in [2.45, 2.75) is 13.3 Å². The lowest BCUT2D eigenvalue weighted by Crippen LogP contribution is -2.32. The van der Waals surface area contributed by atoms with Crippen LogP contribution in [0.1, 0.15) is 12.7 Å². The number of aromatic amines is 1. The van der Waals surface area contributed by atoms with Gasteiger partial charge in [-0.1, -0.05) is 12.1 Å². The summed E-state index contributed by atoms with van der Waals surface area (Å²) in [6.45, 7) is 3.22. The molecule has 0 unspecified atom stereocenters. The zero-order valence-corrected chi connectivity index (χ0v) is 15.9. The monoisotopic (exact) mass is 367 g/mol. The predicted octanol–water partition coefficient (Wildman–Crippen LogP) is 3.20. The molecule has 0 aliphatic carbocycles. The first-order valence-corrected chi connectivity index (χ1v) is 8.95. The Morgan fingerprint density at radius 1 is 1.19 bits per heavy atom. The number of benzene rings is 2. The number of fused-ring (bicyclic) bond motifs is 1. The predicted molar refractivity (Wildman–Crippen MR) is 109 cm³/mol. The molecule has 7 nitrogen and oxygen atoms in total. The second kappa shape index (κ2) is 8.93. The summed E-state index contributed by atoms with van der Waals surface area (Å²) in [6.07, 6.45) is 0.766. The molecule has 142 valence electrons. The number of aliphatic imine (C=N–C) groups is 1. The van der Waals surface area contributed by atoms with Crippen molar-refractivity contribution in [1.29, 1.82) is 0 Å². The molecule has 0 fully saturated rings. The van der Waals surface area contributed by atoms with Crippen LogP contribution in [0.5, 0.6) is 11.5 Å². The zero-order valence-electron chi connectivity index (χ0n) is 15.9. The maximum Gasteiger partial charge on any atom is 0.195 e. The highest BCUT2D eigenvalue weighted by Gasteiger charge is 2.07. The minimum absolute atomic E-state index is 0.574. The average Bonchev–Trinajstić information content (AvgIpc) is 3.10. The van der Waals surface area contributed by atoms with E-state index in [2.05, 4.69) is 25.6 Å². The number of imidazole rings is 1. The molecule has 3 rings (SSSR count). The molecule has 0 aliphatic rings. The third-order valence-corrected chi connectivity index (χ3v) is 4.04. The molecule has 7 heteroatoms. The van der Waals surface area contributed by atoms with Crippen molar-refractivity contribution >= 4 is 22.7 Å². The highest BCUT2D eigenvalue weighted by atomic mass is 16.5. The molecule has 0 atom stereocenters. The summed E-state index contributed by atoms with van der Waals surface area (Å²) in [6, 6.07) is 13.7. The Kier molecular flexibility index (Phi) is 6.14. The van der Waals surface area contributed by atoms with Gasteiger partial charge in [0, 0.05) is 31.8 Å². The molecule has 0 bridgehead atoms. The topological polar surface area (TPSA) is 83.6 Å². The Labute approximate surface area is 158 Å². The number of nitrogens with one attached hydrogen (secondary N) is 3. The van der Waals surface area contributed by atoms with E-state index < -0.39 is 0 Å². The van der Waals surface area contributed by atoms with Crippen molar-refractivity contribution in [3.05, 3.63) is 48.3 Å². The fourth-order valence-corrected chi connectivity index (χ4v) is 2.76. The summed E-state index contributed by atoms with van der Waals surface area (Å²) >= 11 is 0.